The summed E-state index contributed by atoms with van der Waals surface area (Å²) in [5, 5.41) is 5.45. The Bertz CT molecular complexity index is 544. The van der Waals surface area contributed by atoms with E-state index in [1.54, 1.807) is 7.05 Å². The van der Waals surface area contributed by atoms with Gasteiger partial charge in [-0.1, -0.05) is 6.42 Å². The molecule has 2 rings (SSSR count). The van der Waals surface area contributed by atoms with Gasteiger partial charge in [0.2, 0.25) is 5.91 Å². The van der Waals surface area contributed by atoms with E-state index in [0.29, 0.717) is 24.3 Å². The average molecular weight is 272 g/mol. The van der Waals surface area contributed by atoms with E-state index in [1.165, 1.54) is 10.9 Å². The summed E-state index contributed by atoms with van der Waals surface area (Å²) in [5.41, 5.74) is 5.96. The SMILES string of the molecule is Cn1ncc(N)c1NC(=O)C1CCCCS1(=O)=O. The summed E-state index contributed by atoms with van der Waals surface area (Å²) in [7, 11) is -1.71. The van der Waals surface area contributed by atoms with E-state index in [1.807, 2.05) is 0 Å². The van der Waals surface area contributed by atoms with E-state index in [9.17, 15) is 13.2 Å². The Morgan fingerprint density at radius 2 is 2.28 bits per heavy atom. The fourth-order valence-electron chi connectivity index (χ4n) is 2.05. The summed E-state index contributed by atoms with van der Waals surface area (Å²) in [6.07, 6.45) is 3.15. The van der Waals surface area contributed by atoms with Crippen LogP contribution in [-0.2, 0) is 21.7 Å². The van der Waals surface area contributed by atoms with Crippen molar-refractivity contribution < 1.29 is 13.2 Å². The molecule has 0 bridgehead atoms. The number of aromatic nitrogens is 2. The lowest BCUT2D eigenvalue weighted by atomic mass is 10.2. The zero-order chi connectivity index (χ0) is 13.3. The van der Waals surface area contributed by atoms with E-state index >= 15 is 0 Å². The molecule has 100 valence electrons. The monoisotopic (exact) mass is 272 g/mol. The van der Waals surface area contributed by atoms with E-state index in [2.05, 4.69) is 10.4 Å². The second-order valence-corrected chi connectivity index (χ2v) is 6.72. The van der Waals surface area contributed by atoms with Gasteiger partial charge in [0.05, 0.1) is 17.6 Å². The molecule has 1 saturated heterocycles. The Balaban J connectivity index is 2.18. The first-order chi connectivity index (χ1) is 8.42. The predicted octanol–water partition coefficient (Wildman–Crippen LogP) is -0.0919. The van der Waals surface area contributed by atoms with Crippen LogP contribution in [-0.4, -0.2) is 35.1 Å². The van der Waals surface area contributed by atoms with Crippen LogP contribution in [0.4, 0.5) is 11.5 Å². The van der Waals surface area contributed by atoms with Gasteiger partial charge in [-0.2, -0.15) is 5.10 Å². The lowest BCUT2D eigenvalue weighted by Gasteiger charge is -2.21. The van der Waals surface area contributed by atoms with Crippen LogP contribution in [0.25, 0.3) is 0 Å². The molecule has 0 radical (unpaired) electrons. The molecule has 1 amide bonds. The summed E-state index contributed by atoms with van der Waals surface area (Å²) < 4.78 is 25.0. The molecule has 1 aromatic rings. The molecule has 0 aliphatic carbocycles. The Morgan fingerprint density at radius 1 is 1.56 bits per heavy atom. The van der Waals surface area contributed by atoms with Crippen molar-refractivity contribution in [3.05, 3.63) is 6.20 Å². The summed E-state index contributed by atoms with van der Waals surface area (Å²) >= 11 is 0. The number of aryl methyl sites for hydroxylation is 1. The molecule has 1 aliphatic heterocycles. The van der Waals surface area contributed by atoms with Crippen LogP contribution in [0.5, 0.6) is 0 Å². The third-order valence-corrected chi connectivity index (χ3v) is 5.25. The number of carbonyl (C=O) groups is 1. The van der Waals surface area contributed by atoms with Crippen molar-refractivity contribution >= 4 is 27.2 Å². The second-order valence-electron chi connectivity index (χ2n) is 4.41. The van der Waals surface area contributed by atoms with Gasteiger partial charge in [-0.05, 0) is 12.8 Å². The molecule has 0 spiro atoms. The molecule has 1 aliphatic rings. The molecular weight excluding hydrogens is 256 g/mol. The largest absolute Gasteiger partial charge is 0.394 e. The lowest BCUT2D eigenvalue weighted by molar-refractivity contribution is -0.116. The number of rotatable bonds is 2. The van der Waals surface area contributed by atoms with Crippen LogP contribution in [0.15, 0.2) is 6.20 Å². The quantitative estimate of drug-likeness (QED) is 0.782. The minimum atomic E-state index is -3.33. The maximum Gasteiger partial charge on any atom is 0.243 e. The van der Waals surface area contributed by atoms with Crippen LogP contribution >= 0.6 is 0 Å². The molecule has 1 unspecified atom stereocenters. The standard InChI is InChI=1S/C10H16N4O3S/c1-14-9(7(11)6-12-14)13-10(15)8-4-2-3-5-18(8,16)17/h6,8H,2-5,11H2,1H3,(H,13,15). The van der Waals surface area contributed by atoms with Crippen molar-refractivity contribution in [1.82, 2.24) is 9.78 Å². The number of sulfone groups is 1. The van der Waals surface area contributed by atoms with E-state index in [4.69, 9.17) is 5.73 Å². The molecule has 1 fully saturated rings. The highest BCUT2D eigenvalue weighted by atomic mass is 32.2. The third kappa shape index (κ3) is 2.33. The van der Waals surface area contributed by atoms with Crippen molar-refractivity contribution in [2.24, 2.45) is 7.05 Å². The molecule has 0 aromatic carbocycles. The molecule has 18 heavy (non-hydrogen) atoms. The first-order valence-corrected chi connectivity index (χ1v) is 7.43. The zero-order valence-electron chi connectivity index (χ0n) is 10.1. The molecule has 3 N–H and O–H groups in total. The average Bonchev–Trinajstić information content (AvgIpc) is 2.60. The topological polar surface area (TPSA) is 107 Å². The summed E-state index contributed by atoms with van der Waals surface area (Å²) in [6.45, 7) is 0. The summed E-state index contributed by atoms with van der Waals surface area (Å²) in [4.78, 5) is 12.0. The Kier molecular flexibility index (Phi) is 3.29. The van der Waals surface area contributed by atoms with Crippen molar-refractivity contribution in [2.45, 2.75) is 24.5 Å². The number of nitrogens with two attached hydrogens (primary N) is 1. The summed E-state index contributed by atoms with van der Waals surface area (Å²) in [5.74, 6) is -0.114. The van der Waals surface area contributed by atoms with E-state index < -0.39 is 21.0 Å². The van der Waals surface area contributed by atoms with Gasteiger partial charge in [0.25, 0.3) is 0 Å². The van der Waals surface area contributed by atoms with E-state index in [0.717, 1.165) is 6.42 Å². The number of anilines is 2. The van der Waals surface area contributed by atoms with Gasteiger partial charge in [-0.3, -0.25) is 9.48 Å². The maximum atomic E-state index is 12.0. The van der Waals surface area contributed by atoms with Crippen LogP contribution < -0.4 is 11.1 Å². The number of amides is 1. The smallest absolute Gasteiger partial charge is 0.243 e. The van der Waals surface area contributed by atoms with Gasteiger partial charge in [-0.25, -0.2) is 8.42 Å². The molecule has 0 saturated carbocycles. The van der Waals surface area contributed by atoms with Gasteiger partial charge in [0.1, 0.15) is 5.25 Å². The van der Waals surface area contributed by atoms with Gasteiger partial charge in [-0.15, -0.1) is 0 Å². The molecular formula is C10H16N4O3S. The Labute approximate surface area is 105 Å². The van der Waals surface area contributed by atoms with Gasteiger partial charge < -0.3 is 11.1 Å². The van der Waals surface area contributed by atoms with Crippen molar-refractivity contribution in [1.29, 1.82) is 0 Å². The number of nitrogens with one attached hydrogen (secondary N) is 1. The Morgan fingerprint density at radius 3 is 2.83 bits per heavy atom. The second kappa shape index (κ2) is 4.60. The first kappa shape index (κ1) is 12.9. The minimum Gasteiger partial charge on any atom is -0.394 e. The van der Waals surface area contributed by atoms with Gasteiger partial charge >= 0.3 is 0 Å². The van der Waals surface area contributed by atoms with Gasteiger partial charge in [0, 0.05) is 7.05 Å². The van der Waals surface area contributed by atoms with Crippen molar-refractivity contribution in [3.8, 4) is 0 Å². The van der Waals surface area contributed by atoms with Crippen LogP contribution in [0.3, 0.4) is 0 Å². The number of nitrogen functional groups attached to an aromatic ring is 1. The fraction of sp³-hybridized carbons (Fsp3) is 0.600. The molecule has 7 nitrogen and oxygen atoms in total. The highest BCUT2D eigenvalue weighted by molar-refractivity contribution is 7.92. The first-order valence-electron chi connectivity index (χ1n) is 5.72. The Hall–Kier alpha value is -1.57. The van der Waals surface area contributed by atoms with E-state index in [-0.39, 0.29) is 5.75 Å². The van der Waals surface area contributed by atoms with Gasteiger partial charge in [0.15, 0.2) is 15.7 Å². The molecule has 8 heteroatoms. The number of nitrogens with zero attached hydrogens (tertiary/aromatic N) is 2. The lowest BCUT2D eigenvalue weighted by Crippen LogP contribution is -2.39. The predicted molar refractivity (Wildman–Crippen MR) is 67.7 cm³/mol. The third-order valence-electron chi connectivity index (χ3n) is 3.08. The van der Waals surface area contributed by atoms with Crippen molar-refractivity contribution in [3.63, 3.8) is 0 Å². The number of carbonyl (C=O) groups excluding carboxylic acids is 1. The van der Waals surface area contributed by atoms with Crippen LogP contribution in [0.1, 0.15) is 19.3 Å². The maximum absolute atomic E-state index is 12.0. The molecule has 2 heterocycles. The number of hydrogen-bond acceptors (Lipinski definition) is 5. The minimum absolute atomic E-state index is 0.0754. The molecule has 1 atom stereocenters. The van der Waals surface area contributed by atoms with Crippen LogP contribution in [0, 0.1) is 0 Å². The fourth-order valence-corrected chi connectivity index (χ4v) is 3.86. The zero-order valence-corrected chi connectivity index (χ0v) is 10.9. The highest BCUT2D eigenvalue weighted by Crippen LogP contribution is 2.22. The summed E-state index contributed by atoms with van der Waals surface area (Å²) in [6, 6.07) is 0. The highest BCUT2D eigenvalue weighted by Gasteiger charge is 2.35. The van der Waals surface area contributed by atoms with Crippen LogP contribution in [0.2, 0.25) is 0 Å². The molecule has 1 aromatic heterocycles. The normalized spacial score (nSPS) is 22.6. The van der Waals surface area contributed by atoms with Crippen molar-refractivity contribution in [2.75, 3.05) is 16.8 Å². The number of hydrogen-bond donors (Lipinski definition) is 2.